The molecule has 1 nitrogen and oxygen atoms in total. The quantitative estimate of drug-likeness (QED) is 0.457. The van der Waals surface area contributed by atoms with Crippen LogP contribution in [0.3, 0.4) is 0 Å². The fourth-order valence-electron chi connectivity index (χ4n) is 0.720. The zero-order valence-electron chi connectivity index (χ0n) is 7.12. The zero-order valence-corrected chi connectivity index (χ0v) is 7.12. The molecule has 0 spiro atoms. The van der Waals surface area contributed by atoms with Crippen LogP contribution in [0.25, 0.3) is 0 Å². The van der Waals surface area contributed by atoms with Crippen LogP contribution in [0.5, 0.6) is 0 Å². The van der Waals surface area contributed by atoms with Crippen LogP contribution in [0.15, 0.2) is 30.3 Å². The van der Waals surface area contributed by atoms with Crippen molar-refractivity contribution in [2.24, 2.45) is 0 Å². The fourth-order valence-corrected chi connectivity index (χ4v) is 0.720. The summed E-state index contributed by atoms with van der Waals surface area (Å²) in [5, 5.41) is 0. The summed E-state index contributed by atoms with van der Waals surface area (Å²) >= 11 is 0. The Bertz CT molecular complexity index is 179. The number of benzene rings is 1. The topological polar surface area (TPSA) is 21.4 Å². The van der Waals surface area contributed by atoms with Crippen molar-refractivity contribution in [2.75, 3.05) is 0 Å². The van der Waals surface area contributed by atoms with E-state index in [0.717, 1.165) is 11.8 Å². The average molecular weight is 151 g/mol. The Kier molecular flexibility index (Phi) is 6.30. The van der Waals surface area contributed by atoms with E-state index in [1.165, 1.54) is 0 Å². The van der Waals surface area contributed by atoms with Gasteiger partial charge in [0.15, 0.2) is 0 Å². The number of hydrogen-bond acceptors (Lipinski definition) is 0. The lowest BCUT2D eigenvalue weighted by molar-refractivity contribution is 0.685. The van der Waals surface area contributed by atoms with Gasteiger partial charge in [0, 0.05) is 0 Å². The molecule has 1 rings (SSSR count). The molecule has 0 saturated carbocycles. The molecule has 0 saturated heterocycles. The van der Waals surface area contributed by atoms with Crippen molar-refractivity contribution < 1.29 is 4.79 Å². The Morgan fingerprint density at radius 1 is 1.18 bits per heavy atom. The second kappa shape index (κ2) is 7.00. The molecule has 0 heterocycles. The van der Waals surface area contributed by atoms with E-state index in [1.54, 1.807) is 0 Å². The van der Waals surface area contributed by atoms with Gasteiger partial charge in [0.1, 0.15) is 0 Å². The highest BCUT2D eigenvalue weighted by molar-refractivity contribution is 5.55. The van der Waals surface area contributed by atoms with Crippen LogP contribution in [0.2, 0.25) is 0 Å². The zero-order chi connectivity index (χ0) is 8.53. The average Bonchev–Trinajstić information content (AvgIpc) is 2.11. The van der Waals surface area contributed by atoms with Gasteiger partial charge < -0.3 is 0 Å². The summed E-state index contributed by atoms with van der Waals surface area (Å²) in [4.78, 5) is 8.39. The van der Waals surface area contributed by atoms with Crippen molar-refractivity contribution in [1.29, 1.82) is 0 Å². The summed E-state index contributed by atoms with van der Waals surface area (Å²) in [6.07, 6.45) is 1.80. The molecular formula is C10H15O+. The maximum atomic E-state index is 8.39. The third-order valence-corrected chi connectivity index (χ3v) is 1.17. The van der Waals surface area contributed by atoms with Gasteiger partial charge in [0.2, 0.25) is 0 Å². The standard InChI is InChI=1S/C8H8O.C2H6/c9-7-6-8-4-2-1-3-5-8;1-2/h1-5,7H,6H2;1-2H3/p+1. The first-order valence-corrected chi connectivity index (χ1v) is 3.93. The maximum Gasteiger partial charge on any atom is 0.286 e. The van der Waals surface area contributed by atoms with Crippen LogP contribution in [-0.4, -0.2) is 11.1 Å². The van der Waals surface area contributed by atoms with E-state index < -0.39 is 0 Å². The second-order valence-electron chi connectivity index (χ2n) is 1.87. The van der Waals surface area contributed by atoms with Crippen molar-refractivity contribution in [2.45, 2.75) is 20.3 Å². The molecular weight excluding hydrogens is 136 g/mol. The molecule has 60 valence electrons. The molecule has 0 aliphatic carbocycles. The first kappa shape index (κ1) is 9.89. The predicted molar refractivity (Wildman–Crippen MR) is 49.5 cm³/mol. The number of rotatable bonds is 2. The third-order valence-electron chi connectivity index (χ3n) is 1.17. The van der Waals surface area contributed by atoms with Gasteiger partial charge >= 0.3 is 0 Å². The molecule has 0 aliphatic rings. The Morgan fingerprint density at radius 3 is 2.18 bits per heavy atom. The first-order chi connectivity index (χ1) is 5.43. The van der Waals surface area contributed by atoms with Gasteiger partial charge in [0.05, 0.1) is 6.42 Å². The van der Waals surface area contributed by atoms with Crippen molar-refractivity contribution >= 4 is 6.29 Å². The highest BCUT2D eigenvalue weighted by Gasteiger charge is 1.88. The van der Waals surface area contributed by atoms with Crippen molar-refractivity contribution in [3.05, 3.63) is 35.9 Å². The number of carbonyl (C=O) groups excluding carboxylic acids is 1. The van der Waals surface area contributed by atoms with Crippen molar-refractivity contribution in [3.63, 3.8) is 0 Å². The first-order valence-electron chi connectivity index (χ1n) is 3.93. The molecule has 0 bridgehead atoms. The summed E-state index contributed by atoms with van der Waals surface area (Å²) in [5.41, 5.74) is 1.14. The van der Waals surface area contributed by atoms with Crippen LogP contribution in [0.4, 0.5) is 0 Å². The predicted octanol–water partition coefficient (Wildman–Crippen LogP) is 2.43. The lowest BCUT2D eigenvalue weighted by Crippen LogP contribution is -1.82. The molecule has 1 aromatic carbocycles. The van der Waals surface area contributed by atoms with Gasteiger partial charge in [0.25, 0.3) is 6.29 Å². The minimum atomic E-state index is 0.640. The summed E-state index contributed by atoms with van der Waals surface area (Å²) in [5.74, 6) is 0. The molecule has 0 atom stereocenters. The Balaban J connectivity index is 0.000000461. The summed E-state index contributed by atoms with van der Waals surface area (Å²) in [6.45, 7) is 4.00. The molecule has 0 aromatic heterocycles. The molecule has 1 aromatic rings. The van der Waals surface area contributed by atoms with Gasteiger partial charge in [-0.1, -0.05) is 44.2 Å². The van der Waals surface area contributed by atoms with Gasteiger partial charge in [-0.2, -0.15) is 0 Å². The lowest BCUT2D eigenvalue weighted by atomic mass is 10.2. The van der Waals surface area contributed by atoms with Gasteiger partial charge in [-0.3, -0.25) is 4.79 Å². The van der Waals surface area contributed by atoms with Gasteiger partial charge in [-0.25, -0.2) is 0 Å². The van der Waals surface area contributed by atoms with E-state index in [2.05, 4.69) is 0 Å². The van der Waals surface area contributed by atoms with Gasteiger partial charge in [-0.05, 0) is 5.56 Å². The molecule has 0 radical (unpaired) electrons. The molecule has 11 heavy (non-hydrogen) atoms. The third kappa shape index (κ3) is 4.31. The Hall–Kier alpha value is -1.11. The van der Waals surface area contributed by atoms with Gasteiger partial charge in [-0.15, -0.1) is 0 Å². The smallest absolute Gasteiger partial charge is 0.286 e. The highest BCUT2D eigenvalue weighted by atomic mass is 16.1. The second-order valence-corrected chi connectivity index (χ2v) is 1.87. The minimum Gasteiger partial charge on any atom is -0.286 e. The maximum absolute atomic E-state index is 8.39. The fraction of sp³-hybridized carbons (Fsp3) is 0.300. The van der Waals surface area contributed by atoms with Crippen LogP contribution in [0, 0.1) is 0 Å². The van der Waals surface area contributed by atoms with E-state index in [4.69, 9.17) is 4.79 Å². The van der Waals surface area contributed by atoms with Crippen LogP contribution in [0.1, 0.15) is 19.4 Å². The largest absolute Gasteiger partial charge is 0.286 e. The van der Waals surface area contributed by atoms with E-state index >= 15 is 0 Å². The van der Waals surface area contributed by atoms with E-state index in [1.807, 2.05) is 44.2 Å². The van der Waals surface area contributed by atoms with E-state index in [0.29, 0.717) is 6.42 Å². The van der Waals surface area contributed by atoms with Crippen molar-refractivity contribution in [1.82, 2.24) is 0 Å². The number of hydrogen-bond donors (Lipinski definition) is 0. The highest BCUT2D eigenvalue weighted by Crippen LogP contribution is 1.96. The Morgan fingerprint density at radius 2 is 1.73 bits per heavy atom. The molecule has 0 aliphatic heterocycles. The normalized spacial score (nSPS) is 7.82. The van der Waals surface area contributed by atoms with E-state index in [9.17, 15) is 0 Å². The summed E-state index contributed by atoms with van der Waals surface area (Å²) in [6, 6.07) is 9.83. The molecule has 1 heteroatoms. The summed E-state index contributed by atoms with van der Waals surface area (Å²) in [7, 11) is 0. The minimum absolute atomic E-state index is 0.640. The summed E-state index contributed by atoms with van der Waals surface area (Å²) < 4.78 is 0. The molecule has 0 unspecified atom stereocenters. The number of aldehydes is 1. The van der Waals surface area contributed by atoms with Crippen LogP contribution >= 0.6 is 0 Å². The van der Waals surface area contributed by atoms with Crippen molar-refractivity contribution in [3.8, 4) is 0 Å². The molecule has 0 amide bonds. The molecule has 1 N–H and O–H groups in total. The lowest BCUT2D eigenvalue weighted by Gasteiger charge is -1.87. The van der Waals surface area contributed by atoms with E-state index in [-0.39, 0.29) is 0 Å². The monoisotopic (exact) mass is 151 g/mol. The van der Waals surface area contributed by atoms with Crippen LogP contribution in [-0.2, 0) is 6.42 Å². The molecule has 0 fully saturated rings. The SMILES string of the molecule is CC.[OH+]=CCc1ccccc1. The van der Waals surface area contributed by atoms with Crippen LogP contribution < -0.4 is 0 Å². The Labute approximate surface area is 68.1 Å².